The molecule has 2 rings (SSSR count). The summed E-state index contributed by atoms with van der Waals surface area (Å²) < 4.78 is 23.8. The van der Waals surface area contributed by atoms with Crippen molar-refractivity contribution in [3.05, 3.63) is 42.2 Å². The Morgan fingerprint density at radius 1 is 1.30 bits per heavy atom. The predicted octanol–water partition coefficient (Wildman–Crippen LogP) is 2.77. The number of aromatic nitrogens is 2. The minimum atomic E-state index is -3.14. The lowest BCUT2D eigenvalue weighted by molar-refractivity contribution is 0.595. The van der Waals surface area contributed by atoms with E-state index in [4.69, 9.17) is 0 Å². The van der Waals surface area contributed by atoms with E-state index in [1.54, 1.807) is 30.5 Å². The summed E-state index contributed by atoms with van der Waals surface area (Å²) in [6.07, 6.45) is 4.22. The lowest BCUT2D eigenvalue weighted by atomic mass is 10.2. The zero-order valence-electron chi connectivity index (χ0n) is 11.6. The van der Waals surface area contributed by atoms with E-state index < -0.39 is 9.84 Å². The maximum atomic E-state index is 11.9. The Morgan fingerprint density at radius 3 is 2.55 bits per heavy atom. The van der Waals surface area contributed by atoms with Gasteiger partial charge in [-0.05, 0) is 37.6 Å². The molecule has 0 saturated carbocycles. The van der Waals surface area contributed by atoms with E-state index in [0.717, 1.165) is 11.3 Å². The van der Waals surface area contributed by atoms with Crippen LogP contribution in [0.15, 0.2) is 41.6 Å². The number of H-pyrrole nitrogens is 1. The molecule has 0 amide bonds. The van der Waals surface area contributed by atoms with Crippen LogP contribution in [0.2, 0.25) is 0 Å². The fourth-order valence-electron chi connectivity index (χ4n) is 1.98. The third-order valence-corrected chi connectivity index (χ3v) is 5.02. The minimum Gasteiger partial charge on any atom is -0.378 e. The summed E-state index contributed by atoms with van der Waals surface area (Å²) >= 11 is 0. The highest BCUT2D eigenvalue weighted by atomic mass is 32.2. The fraction of sp³-hybridized carbons (Fsp3) is 0.357. The Morgan fingerprint density at radius 2 is 2.00 bits per heavy atom. The van der Waals surface area contributed by atoms with Gasteiger partial charge >= 0.3 is 0 Å². The van der Waals surface area contributed by atoms with Crippen molar-refractivity contribution in [1.82, 2.24) is 10.2 Å². The Bertz CT molecular complexity index is 634. The van der Waals surface area contributed by atoms with Gasteiger partial charge < -0.3 is 5.32 Å². The SMILES string of the molecule is CCCS(=O)(=O)c1ccc(NC(C)c2cn[nH]c2)cc1. The number of sulfone groups is 1. The number of benzene rings is 1. The van der Waals surface area contributed by atoms with Crippen molar-refractivity contribution < 1.29 is 8.42 Å². The highest BCUT2D eigenvalue weighted by molar-refractivity contribution is 7.91. The van der Waals surface area contributed by atoms with Crippen LogP contribution >= 0.6 is 0 Å². The van der Waals surface area contributed by atoms with Gasteiger partial charge in [0.1, 0.15) is 0 Å². The van der Waals surface area contributed by atoms with Crippen molar-refractivity contribution in [3.63, 3.8) is 0 Å². The normalized spacial score (nSPS) is 13.1. The number of nitrogens with zero attached hydrogens (tertiary/aromatic N) is 1. The van der Waals surface area contributed by atoms with Gasteiger partial charge in [0, 0.05) is 17.4 Å². The maximum absolute atomic E-state index is 11.9. The van der Waals surface area contributed by atoms with Crippen LogP contribution in [0.25, 0.3) is 0 Å². The van der Waals surface area contributed by atoms with Crippen LogP contribution < -0.4 is 5.32 Å². The van der Waals surface area contributed by atoms with Gasteiger partial charge in [-0.3, -0.25) is 5.10 Å². The predicted molar refractivity (Wildman–Crippen MR) is 79.4 cm³/mol. The second-order valence-electron chi connectivity index (χ2n) is 4.74. The maximum Gasteiger partial charge on any atom is 0.178 e. The molecule has 1 aromatic carbocycles. The summed E-state index contributed by atoms with van der Waals surface area (Å²) in [6, 6.07) is 6.98. The summed E-state index contributed by atoms with van der Waals surface area (Å²) in [5, 5.41) is 9.98. The molecule has 0 spiro atoms. The van der Waals surface area contributed by atoms with Gasteiger partial charge in [0.05, 0.1) is 22.9 Å². The average molecular weight is 293 g/mol. The molecule has 20 heavy (non-hydrogen) atoms. The van der Waals surface area contributed by atoms with Gasteiger partial charge in [-0.15, -0.1) is 0 Å². The molecule has 0 aliphatic rings. The number of rotatable bonds is 6. The van der Waals surface area contributed by atoms with Gasteiger partial charge in [0.25, 0.3) is 0 Å². The van der Waals surface area contributed by atoms with Crippen LogP contribution in [-0.2, 0) is 9.84 Å². The van der Waals surface area contributed by atoms with Crippen molar-refractivity contribution in [3.8, 4) is 0 Å². The summed E-state index contributed by atoms with van der Waals surface area (Å²) in [5.41, 5.74) is 1.93. The fourth-order valence-corrected chi connectivity index (χ4v) is 3.30. The van der Waals surface area contributed by atoms with Crippen LogP contribution in [0, 0.1) is 0 Å². The van der Waals surface area contributed by atoms with Crippen LogP contribution in [0.3, 0.4) is 0 Å². The quantitative estimate of drug-likeness (QED) is 0.858. The van der Waals surface area contributed by atoms with E-state index in [0.29, 0.717) is 11.3 Å². The first-order valence-corrected chi connectivity index (χ1v) is 8.26. The monoisotopic (exact) mass is 293 g/mol. The second-order valence-corrected chi connectivity index (χ2v) is 6.85. The first kappa shape index (κ1) is 14.6. The molecule has 0 saturated heterocycles. The van der Waals surface area contributed by atoms with Crippen molar-refractivity contribution in [2.24, 2.45) is 0 Å². The van der Waals surface area contributed by atoms with E-state index in [1.165, 1.54) is 0 Å². The summed E-state index contributed by atoms with van der Waals surface area (Å²) in [7, 11) is -3.14. The third kappa shape index (κ3) is 3.39. The number of hydrogen-bond acceptors (Lipinski definition) is 4. The van der Waals surface area contributed by atoms with Gasteiger partial charge in [-0.2, -0.15) is 5.10 Å². The van der Waals surface area contributed by atoms with Crippen molar-refractivity contribution in [1.29, 1.82) is 0 Å². The number of anilines is 1. The van der Waals surface area contributed by atoms with Crippen LogP contribution in [0.4, 0.5) is 5.69 Å². The van der Waals surface area contributed by atoms with Gasteiger partial charge in [-0.1, -0.05) is 6.92 Å². The van der Waals surface area contributed by atoms with Gasteiger partial charge in [0.15, 0.2) is 9.84 Å². The highest BCUT2D eigenvalue weighted by Gasteiger charge is 2.13. The lowest BCUT2D eigenvalue weighted by Crippen LogP contribution is -2.07. The topological polar surface area (TPSA) is 74.8 Å². The van der Waals surface area contributed by atoms with Gasteiger partial charge in [0.2, 0.25) is 0 Å². The molecule has 0 fully saturated rings. The summed E-state index contributed by atoms with van der Waals surface area (Å²) in [6.45, 7) is 3.88. The Labute approximate surface area is 119 Å². The van der Waals surface area contributed by atoms with E-state index in [9.17, 15) is 8.42 Å². The minimum absolute atomic E-state index is 0.104. The smallest absolute Gasteiger partial charge is 0.178 e. The molecule has 1 unspecified atom stereocenters. The van der Waals surface area contributed by atoms with Crippen LogP contribution in [0.1, 0.15) is 31.9 Å². The van der Waals surface area contributed by atoms with Crippen molar-refractivity contribution >= 4 is 15.5 Å². The van der Waals surface area contributed by atoms with E-state index >= 15 is 0 Å². The molecule has 5 nitrogen and oxygen atoms in total. The van der Waals surface area contributed by atoms with E-state index in [2.05, 4.69) is 15.5 Å². The first-order chi connectivity index (χ1) is 9.53. The Balaban J connectivity index is 2.09. The van der Waals surface area contributed by atoms with E-state index in [1.807, 2.05) is 20.0 Å². The summed E-state index contributed by atoms with van der Waals surface area (Å²) in [4.78, 5) is 0.376. The first-order valence-electron chi connectivity index (χ1n) is 6.61. The molecule has 0 bridgehead atoms. The largest absolute Gasteiger partial charge is 0.378 e. The number of hydrogen-bond donors (Lipinski definition) is 2. The van der Waals surface area contributed by atoms with Crippen LogP contribution in [-0.4, -0.2) is 24.4 Å². The molecule has 2 N–H and O–H groups in total. The zero-order valence-corrected chi connectivity index (χ0v) is 12.4. The van der Waals surface area contributed by atoms with E-state index in [-0.39, 0.29) is 11.8 Å². The molecule has 0 aliphatic heterocycles. The van der Waals surface area contributed by atoms with Gasteiger partial charge in [-0.25, -0.2) is 8.42 Å². The summed E-state index contributed by atoms with van der Waals surface area (Å²) in [5.74, 6) is 0.186. The molecule has 0 radical (unpaired) electrons. The Hall–Kier alpha value is -1.82. The number of nitrogens with one attached hydrogen (secondary N) is 2. The second kappa shape index (κ2) is 6.09. The van der Waals surface area contributed by atoms with Crippen molar-refractivity contribution in [2.75, 3.05) is 11.1 Å². The molecular weight excluding hydrogens is 274 g/mol. The molecule has 1 heterocycles. The Kier molecular flexibility index (Phi) is 4.44. The molecule has 1 aromatic heterocycles. The molecule has 1 atom stereocenters. The average Bonchev–Trinajstić information content (AvgIpc) is 2.93. The van der Waals surface area contributed by atoms with Crippen molar-refractivity contribution in [2.45, 2.75) is 31.2 Å². The number of aromatic amines is 1. The molecule has 2 aromatic rings. The highest BCUT2D eigenvalue weighted by Crippen LogP contribution is 2.20. The molecule has 6 heteroatoms. The van der Waals surface area contributed by atoms with Crippen LogP contribution in [0.5, 0.6) is 0 Å². The zero-order chi connectivity index (χ0) is 14.6. The standard InChI is InChI=1S/C14H19N3O2S/c1-3-8-20(18,19)14-6-4-13(5-7-14)17-11(2)12-9-15-16-10-12/h4-7,9-11,17H,3,8H2,1-2H3,(H,15,16). The lowest BCUT2D eigenvalue weighted by Gasteiger charge is -2.14. The molecular formula is C14H19N3O2S. The molecule has 108 valence electrons. The third-order valence-electron chi connectivity index (χ3n) is 3.09. The molecule has 0 aliphatic carbocycles.